The molecular formula is C9H12OS2. The van der Waals surface area contributed by atoms with Crippen molar-refractivity contribution in [2.45, 2.75) is 23.6 Å². The monoisotopic (exact) mass is 200 g/mol. The van der Waals surface area contributed by atoms with Gasteiger partial charge in [-0.2, -0.15) is 11.4 Å². The first kappa shape index (κ1) is 9.68. The highest BCUT2D eigenvalue weighted by atomic mass is 32.1. The summed E-state index contributed by atoms with van der Waals surface area (Å²) < 4.78 is 0. The number of phenolic OH excluding ortho intramolecular Hbond substituents is 1. The topological polar surface area (TPSA) is 20.2 Å². The van der Waals surface area contributed by atoms with E-state index in [-0.39, 0.29) is 5.75 Å². The summed E-state index contributed by atoms with van der Waals surface area (Å²) in [5, 5.41) is 11.3. The van der Waals surface area contributed by atoms with Gasteiger partial charge in [0, 0.05) is 9.79 Å². The van der Waals surface area contributed by atoms with Gasteiger partial charge in [-0.05, 0) is 31.5 Å². The van der Waals surface area contributed by atoms with E-state index in [2.05, 4.69) is 12.6 Å². The average molecular weight is 200 g/mol. The van der Waals surface area contributed by atoms with Gasteiger partial charge in [0.1, 0.15) is 5.75 Å². The van der Waals surface area contributed by atoms with Crippen LogP contribution in [0, 0.1) is 6.92 Å². The summed E-state index contributed by atoms with van der Waals surface area (Å²) in [5.74, 6) is 0.287. The van der Waals surface area contributed by atoms with Gasteiger partial charge in [0.2, 0.25) is 0 Å². The Kier molecular flexibility index (Phi) is 3.23. The summed E-state index contributed by atoms with van der Waals surface area (Å²) in [7, 11) is 0. The van der Waals surface area contributed by atoms with Crippen molar-refractivity contribution in [2.75, 3.05) is 0 Å². The van der Waals surface area contributed by atoms with Crippen molar-refractivity contribution in [3.05, 3.63) is 17.7 Å². The van der Waals surface area contributed by atoms with Crippen LogP contribution in [0.15, 0.2) is 21.9 Å². The summed E-state index contributed by atoms with van der Waals surface area (Å²) in [6.45, 7) is 4.00. The maximum absolute atomic E-state index is 9.28. The van der Waals surface area contributed by atoms with Crippen LogP contribution >= 0.6 is 24.0 Å². The molecule has 1 rings (SSSR count). The third-order valence-corrected chi connectivity index (χ3v) is 3.07. The van der Waals surface area contributed by atoms with E-state index < -0.39 is 0 Å². The first-order valence-corrected chi connectivity index (χ1v) is 5.07. The molecule has 0 fully saturated rings. The van der Waals surface area contributed by atoms with Gasteiger partial charge < -0.3 is 5.11 Å². The first-order chi connectivity index (χ1) is 5.65. The van der Waals surface area contributed by atoms with Crippen molar-refractivity contribution in [1.82, 2.24) is 0 Å². The molecule has 0 unspecified atom stereocenters. The van der Waals surface area contributed by atoms with Crippen LogP contribution in [0.25, 0.3) is 0 Å². The van der Waals surface area contributed by atoms with E-state index in [1.807, 2.05) is 19.2 Å². The van der Waals surface area contributed by atoms with Crippen molar-refractivity contribution < 1.29 is 5.11 Å². The van der Waals surface area contributed by atoms with Gasteiger partial charge in [0.25, 0.3) is 0 Å². The van der Waals surface area contributed by atoms with Crippen LogP contribution in [0.4, 0.5) is 0 Å². The molecule has 0 bridgehead atoms. The van der Waals surface area contributed by atoms with Gasteiger partial charge in [-0.1, -0.05) is 5.37 Å². The maximum atomic E-state index is 9.28. The molecule has 3 heteroatoms. The molecule has 0 atom stereocenters. The van der Waals surface area contributed by atoms with Crippen molar-refractivity contribution >= 4 is 29.3 Å². The Bertz CT molecular complexity index is 319. The van der Waals surface area contributed by atoms with Gasteiger partial charge >= 0.3 is 0 Å². The lowest BCUT2D eigenvalue weighted by Crippen LogP contribution is -1.80. The predicted octanol–water partition coefficient (Wildman–Crippen LogP) is 2.64. The van der Waals surface area contributed by atoms with Crippen molar-refractivity contribution in [1.29, 1.82) is 0 Å². The zero-order chi connectivity index (χ0) is 9.14. The van der Waals surface area contributed by atoms with E-state index in [4.69, 9.17) is 0 Å². The van der Waals surface area contributed by atoms with Gasteiger partial charge in [-0.3, -0.25) is 0 Å². The van der Waals surface area contributed by atoms with Gasteiger partial charge in [0.15, 0.2) is 0 Å². The Balaban J connectivity index is 3.27. The highest BCUT2D eigenvalue weighted by molar-refractivity contribution is 7.97. The maximum Gasteiger partial charge on any atom is 0.117 e. The lowest BCUT2D eigenvalue weighted by Gasteiger charge is -2.04. The molecule has 1 N–H and O–H groups in total. The lowest BCUT2D eigenvalue weighted by atomic mass is 10.2. The van der Waals surface area contributed by atoms with Gasteiger partial charge in [-0.25, -0.2) is 0 Å². The molecule has 0 saturated heterocycles. The summed E-state index contributed by atoms with van der Waals surface area (Å²) in [4.78, 5) is 1.96. The second-order valence-electron chi connectivity index (χ2n) is 2.50. The molecule has 0 spiro atoms. The van der Waals surface area contributed by atoms with Crippen molar-refractivity contribution in [3.8, 4) is 5.75 Å². The Morgan fingerprint density at radius 1 is 1.50 bits per heavy atom. The largest absolute Gasteiger partial charge is 0.508 e. The molecule has 12 heavy (non-hydrogen) atoms. The highest BCUT2D eigenvalue weighted by Gasteiger charge is 2.00. The molecule has 0 radical (unpaired) electrons. The minimum absolute atomic E-state index is 0.287. The summed E-state index contributed by atoms with van der Waals surface area (Å²) >= 11 is 5.37. The quantitative estimate of drug-likeness (QED) is 0.470. The van der Waals surface area contributed by atoms with Crippen LogP contribution in [-0.4, -0.2) is 10.5 Å². The molecule has 0 saturated carbocycles. The number of hydrogen-bond donors (Lipinski definition) is 3. The molecule has 0 aliphatic rings. The van der Waals surface area contributed by atoms with E-state index in [1.165, 1.54) is 0 Å². The Morgan fingerprint density at radius 3 is 2.75 bits per heavy atom. The number of benzene rings is 1. The second-order valence-corrected chi connectivity index (χ2v) is 4.23. The molecule has 1 nitrogen and oxygen atoms in total. The Morgan fingerprint density at radius 2 is 2.17 bits per heavy atom. The molecule has 0 aliphatic carbocycles. The number of phenols is 1. The smallest absolute Gasteiger partial charge is 0.117 e. The van der Waals surface area contributed by atoms with Crippen molar-refractivity contribution in [2.24, 2.45) is 0 Å². The van der Waals surface area contributed by atoms with Crippen LogP contribution in [0.3, 0.4) is 0 Å². The molecule has 0 heterocycles. The van der Waals surface area contributed by atoms with E-state index in [0.717, 1.165) is 26.7 Å². The minimum atomic E-state index is 0.287. The summed E-state index contributed by atoms with van der Waals surface area (Å²) in [6, 6.07) is 3.43. The highest BCUT2D eigenvalue weighted by Crippen LogP contribution is 2.27. The minimum Gasteiger partial charge on any atom is -0.508 e. The Labute approximate surface area is 81.8 Å². The van der Waals surface area contributed by atoms with E-state index in [1.54, 1.807) is 12.1 Å². The molecule has 1 aromatic rings. The second kappa shape index (κ2) is 4.01. The third-order valence-electron chi connectivity index (χ3n) is 1.61. The Hall–Kier alpha value is -0.410. The fourth-order valence-electron chi connectivity index (χ4n) is 0.943. The number of thiol groups is 2. The van der Waals surface area contributed by atoms with Crippen molar-refractivity contribution in [3.63, 3.8) is 0 Å². The SMILES string of the molecule is C/C=[SH]\c1cc(O)cc(S)c1C. The van der Waals surface area contributed by atoms with Crippen LogP contribution in [-0.2, 0) is 0 Å². The predicted molar refractivity (Wildman–Crippen MR) is 59.1 cm³/mol. The van der Waals surface area contributed by atoms with E-state index >= 15 is 0 Å². The standard InChI is InChI=1S/C9H12OS2/c1-3-12-9-5-7(10)4-8(11)6(9)2/h3-5,10-12H,1-2H3. The van der Waals surface area contributed by atoms with Crippen LogP contribution in [0.2, 0.25) is 0 Å². The first-order valence-electron chi connectivity index (χ1n) is 3.66. The number of aromatic hydroxyl groups is 1. The molecule has 66 valence electrons. The fourth-order valence-corrected chi connectivity index (χ4v) is 2.08. The van der Waals surface area contributed by atoms with Crippen LogP contribution < -0.4 is 0 Å². The van der Waals surface area contributed by atoms with Crippen LogP contribution in [0.1, 0.15) is 12.5 Å². The molecule has 0 aromatic heterocycles. The molecule has 0 amide bonds. The van der Waals surface area contributed by atoms with E-state index in [0.29, 0.717) is 0 Å². The normalized spacial score (nSPS) is 11.6. The number of hydrogen-bond acceptors (Lipinski definition) is 2. The van der Waals surface area contributed by atoms with Gasteiger partial charge in [0.05, 0.1) is 0 Å². The van der Waals surface area contributed by atoms with Gasteiger partial charge in [-0.15, -0.1) is 12.6 Å². The average Bonchev–Trinajstić information content (AvgIpc) is 2.00. The molecular weight excluding hydrogens is 188 g/mol. The van der Waals surface area contributed by atoms with E-state index in [9.17, 15) is 5.11 Å². The zero-order valence-corrected chi connectivity index (χ0v) is 8.86. The summed E-state index contributed by atoms with van der Waals surface area (Å²) in [5.41, 5.74) is 1.14. The summed E-state index contributed by atoms with van der Waals surface area (Å²) in [6.07, 6.45) is 0. The zero-order valence-electron chi connectivity index (χ0n) is 7.07. The third kappa shape index (κ3) is 2.05. The molecule has 0 aliphatic heterocycles. The molecule has 1 aromatic carbocycles. The lowest BCUT2D eigenvalue weighted by molar-refractivity contribution is 0.472. The number of rotatable bonds is 1. The fraction of sp³-hybridized carbons (Fsp3) is 0.222. The van der Waals surface area contributed by atoms with Crippen LogP contribution in [0.5, 0.6) is 5.75 Å².